The van der Waals surface area contributed by atoms with Crippen molar-refractivity contribution in [2.24, 2.45) is 0 Å². The molecule has 0 bridgehead atoms. The van der Waals surface area contributed by atoms with Crippen LogP contribution in [0, 0.1) is 0 Å². The molecule has 0 aliphatic carbocycles. The Bertz CT molecular complexity index is 1280. The summed E-state index contributed by atoms with van der Waals surface area (Å²) in [5.41, 5.74) is 1.16. The van der Waals surface area contributed by atoms with Gasteiger partial charge >= 0.3 is 0 Å². The molecule has 1 aliphatic heterocycles. The SMILES string of the molecule is CCCCCCCCCCCCCCCCCCCCCCCCCCN[C@@H](CO[C@H]1O[C@H](COC(=S)NCCc2ccccc2)[C@H](O)[C@H](O)[C@H]1O)[C@H](O)[C@H](O)CCCCCCCCCCCCCC. The number of ether oxygens (including phenoxy) is 3. The molecular formula is C59H110N2O8S. The van der Waals surface area contributed by atoms with E-state index in [1.54, 1.807) is 0 Å². The first kappa shape index (κ1) is 64.7. The second-order valence-electron chi connectivity index (χ2n) is 21.0. The highest BCUT2D eigenvalue weighted by Gasteiger charge is 2.45. The third kappa shape index (κ3) is 34.1. The van der Waals surface area contributed by atoms with Crippen molar-refractivity contribution in [3.05, 3.63) is 35.9 Å². The van der Waals surface area contributed by atoms with E-state index in [4.69, 9.17) is 26.4 Å². The van der Waals surface area contributed by atoms with Gasteiger partial charge in [0, 0.05) is 6.54 Å². The van der Waals surface area contributed by atoms with E-state index < -0.39 is 49.0 Å². The number of unbranched alkanes of at least 4 members (excludes halogenated alkanes) is 34. The van der Waals surface area contributed by atoms with E-state index >= 15 is 0 Å². The predicted octanol–water partition coefficient (Wildman–Crippen LogP) is 13.1. The lowest BCUT2D eigenvalue weighted by atomic mass is 9.98. The van der Waals surface area contributed by atoms with Gasteiger partial charge in [0.15, 0.2) is 6.29 Å². The Balaban J connectivity index is 1.68. The van der Waals surface area contributed by atoms with Crippen LogP contribution < -0.4 is 10.6 Å². The fourth-order valence-corrected chi connectivity index (χ4v) is 10.0. The zero-order valence-electron chi connectivity index (χ0n) is 45.1. The van der Waals surface area contributed by atoms with Crippen molar-refractivity contribution in [2.45, 2.75) is 307 Å². The van der Waals surface area contributed by atoms with E-state index in [1.165, 1.54) is 199 Å². The summed E-state index contributed by atoms with van der Waals surface area (Å²) in [5, 5.41) is 61.6. The minimum absolute atomic E-state index is 0.0757. The van der Waals surface area contributed by atoms with Gasteiger partial charge in [-0.2, -0.15) is 0 Å². The Labute approximate surface area is 435 Å². The molecule has 0 saturated carbocycles. The van der Waals surface area contributed by atoms with Crippen LogP contribution in [-0.4, -0.2) is 106 Å². The summed E-state index contributed by atoms with van der Waals surface area (Å²) < 4.78 is 17.7. The summed E-state index contributed by atoms with van der Waals surface area (Å²) in [6.07, 6.45) is 39.5. The van der Waals surface area contributed by atoms with Crippen molar-refractivity contribution in [1.82, 2.24) is 10.6 Å². The molecule has 0 unspecified atom stereocenters. The van der Waals surface area contributed by atoms with Gasteiger partial charge < -0.3 is 50.4 Å². The van der Waals surface area contributed by atoms with E-state index in [-0.39, 0.29) is 18.4 Å². The van der Waals surface area contributed by atoms with Crippen molar-refractivity contribution in [3.63, 3.8) is 0 Å². The molecule has 8 atom stereocenters. The number of rotatable bonds is 49. The van der Waals surface area contributed by atoms with Gasteiger partial charge in [-0.15, -0.1) is 0 Å². The van der Waals surface area contributed by atoms with Crippen molar-refractivity contribution in [3.8, 4) is 0 Å². The molecule has 1 heterocycles. The Morgan fingerprint density at radius 3 is 1.40 bits per heavy atom. The van der Waals surface area contributed by atoms with Crippen LogP contribution in [0.15, 0.2) is 30.3 Å². The van der Waals surface area contributed by atoms with E-state index in [1.807, 2.05) is 30.3 Å². The van der Waals surface area contributed by atoms with Crippen molar-refractivity contribution in [1.29, 1.82) is 0 Å². The fraction of sp³-hybridized carbons (Fsp3) is 0.881. The van der Waals surface area contributed by atoms with Crippen molar-refractivity contribution >= 4 is 17.4 Å². The lowest BCUT2D eigenvalue weighted by Crippen LogP contribution is -2.60. The van der Waals surface area contributed by atoms with Gasteiger partial charge in [0.25, 0.3) is 5.17 Å². The molecule has 11 heteroatoms. The van der Waals surface area contributed by atoms with Gasteiger partial charge in [-0.1, -0.05) is 269 Å². The zero-order chi connectivity index (χ0) is 50.5. The third-order valence-corrected chi connectivity index (χ3v) is 14.9. The summed E-state index contributed by atoms with van der Waals surface area (Å²) in [5.74, 6) is 0. The maximum atomic E-state index is 11.4. The average molecular weight is 1010 g/mol. The number of hydrogen-bond acceptors (Lipinski definition) is 10. The molecule has 10 nitrogen and oxygen atoms in total. The number of nitrogens with one attached hydrogen (secondary N) is 2. The smallest absolute Gasteiger partial charge is 0.256 e. The minimum Gasteiger partial charge on any atom is -0.468 e. The lowest BCUT2D eigenvalue weighted by Gasteiger charge is -2.40. The standard InChI is InChI=1S/C59H110N2O8S/c1-3-5-7-9-11-13-15-17-18-19-20-21-22-23-24-25-26-27-28-30-32-34-36-41-46-60-51(54(63)52(62)44-40-35-33-31-29-16-14-12-10-8-6-4-2)48-67-58-57(66)56(65)55(64)53(69-58)49-68-59(70)61-47-45-50-42-38-37-39-43-50/h37-39,42-43,51-58,60,62-66H,3-36,40-41,44-49H2,1-2H3,(H,61,70)/t51-,52+,53+,54-,55-,56-,57+,58-/m0/s1. The summed E-state index contributed by atoms with van der Waals surface area (Å²) >= 11 is 5.34. The number of aliphatic hydroxyl groups excluding tert-OH is 5. The fourth-order valence-electron chi connectivity index (χ4n) is 9.84. The maximum absolute atomic E-state index is 11.4. The number of thiocarbonyl (C=S) groups is 1. The number of benzene rings is 1. The third-order valence-electron chi connectivity index (χ3n) is 14.6. The molecular weight excluding hydrogens is 897 g/mol. The molecule has 1 aromatic carbocycles. The van der Waals surface area contributed by atoms with Crippen LogP contribution in [0.4, 0.5) is 0 Å². The van der Waals surface area contributed by atoms with Gasteiger partial charge in [0.2, 0.25) is 0 Å². The zero-order valence-corrected chi connectivity index (χ0v) is 45.9. The van der Waals surface area contributed by atoms with Crippen molar-refractivity contribution in [2.75, 3.05) is 26.3 Å². The molecule has 2 rings (SSSR count). The monoisotopic (exact) mass is 1010 g/mol. The van der Waals surface area contributed by atoms with Crippen LogP contribution in [0.1, 0.15) is 257 Å². The first-order valence-electron chi connectivity index (χ1n) is 29.6. The summed E-state index contributed by atoms with van der Waals surface area (Å²) in [4.78, 5) is 0. The van der Waals surface area contributed by atoms with Gasteiger partial charge in [-0.3, -0.25) is 0 Å². The average Bonchev–Trinajstić information content (AvgIpc) is 3.37. The molecule has 410 valence electrons. The van der Waals surface area contributed by atoms with Crippen molar-refractivity contribution < 1.29 is 39.7 Å². The number of aliphatic hydroxyl groups is 5. The van der Waals surface area contributed by atoms with Crippen LogP contribution in [0.25, 0.3) is 0 Å². The van der Waals surface area contributed by atoms with Gasteiger partial charge in [0.05, 0.1) is 24.9 Å². The van der Waals surface area contributed by atoms with E-state index in [0.29, 0.717) is 19.5 Å². The molecule has 0 radical (unpaired) electrons. The molecule has 7 N–H and O–H groups in total. The second-order valence-corrected chi connectivity index (χ2v) is 21.4. The quantitative estimate of drug-likeness (QED) is 0.0247. The molecule has 1 aliphatic rings. The Morgan fingerprint density at radius 2 is 0.957 bits per heavy atom. The molecule has 1 fully saturated rings. The predicted molar refractivity (Wildman–Crippen MR) is 295 cm³/mol. The van der Waals surface area contributed by atoms with Gasteiger partial charge in [-0.05, 0) is 43.6 Å². The highest BCUT2D eigenvalue weighted by atomic mass is 32.1. The van der Waals surface area contributed by atoms with Crippen LogP contribution >= 0.6 is 12.2 Å². The van der Waals surface area contributed by atoms with E-state index in [0.717, 1.165) is 44.1 Å². The Kier molecular flexibility index (Phi) is 42.7. The molecule has 70 heavy (non-hydrogen) atoms. The summed E-state index contributed by atoms with van der Waals surface area (Å²) in [7, 11) is 0. The summed E-state index contributed by atoms with van der Waals surface area (Å²) in [6.45, 7) is 5.52. The summed E-state index contributed by atoms with van der Waals surface area (Å²) in [6, 6.07) is 9.38. The maximum Gasteiger partial charge on any atom is 0.256 e. The topological polar surface area (TPSA) is 153 Å². The molecule has 1 saturated heterocycles. The van der Waals surface area contributed by atoms with Crippen LogP contribution in [0.3, 0.4) is 0 Å². The Hall–Kier alpha value is -1.41. The molecule has 0 amide bonds. The number of hydrogen-bond donors (Lipinski definition) is 7. The highest BCUT2D eigenvalue weighted by Crippen LogP contribution is 2.24. The normalized spacial score (nSPS) is 19.6. The molecule has 1 aromatic rings. The van der Waals surface area contributed by atoms with Crippen LogP contribution in [-0.2, 0) is 20.6 Å². The first-order chi connectivity index (χ1) is 34.3. The molecule has 0 spiro atoms. The second kappa shape index (κ2) is 46.1. The minimum atomic E-state index is -1.54. The highest BCUT2D eigenvalue weighted by molar-refractivity contribution is 7.80. The van der Waals surface area contributed by atoms with Crippen LogP contribution in [0.2, 0.25) is 0 Å². The Morgan fingerprint density at radius 1 is 0.543 bits per heavy atom. The first-order valence-corrected chi connectivity index (χ1v) is 30.0. The van der Waals surface area contributed by atoms with E-state index in [9.17, 15) is 25.5 Å². The largest absolute Gasteiger partial charge is 0.468 e. The lowest BCUT2D eigenvalue weighted by molar-refractivity contribution is -0.302. The van der Waals surface area contributed by atoms with Gasteiger partial charge in [-0.25, -0.2) is 0 Å². The van der Waals surface area contributed by atoms with Crippen LogP contribution in [0.5, 0.6) is 0 Å². The molecule has 0 aromatic heterocycles. The van der Waals surface area contributed by atoms with E-state index in [2.05, 4.69) is 24.5 Å². The van der Waals surface area contributed by atoms with Gasteiger partial charge in [0.1, 0.15) is 31.0 Å².